The number of aliphatic carboxylic acids is 1. The Bertz CT molecular complexity index is 593. The van der Waals surface area contributed by atoms with Gasteiger partial charge in [0.15, 0.2) is 11.5 Å². The van der Waals surface area contributed by atoms with Crippen LogP contribution in [0, 0.1) is 0 Å². The van der Waals surface area contributed by atoms with E-state index in [9.17, 15) is 9.90 Å². The Morgan fingerprint density at radius 2 is 1.72 bits per heavy atom. The summed E-state index contributed by atoms with van der Waals surface area (Å²) in [5.74, 6) is 0.360. The van der Waals surface area contributed by atoms with Gasteiger partial charge in [-0.1, -0.05) is 18.9 Å². The maximum atomic E-state index is 12.0. The van der Waals surface area contributed by atoms with Crippen molar-refractivity contribution in [2.45, 2.75) is 37.8 Å². The number of rotatable bonds is 6. The SMILES string of the molecule is COc1ccc([C@@H](C(=O)O)N2CCN(C3CCCC3)CC2)cc1OC. The minimum Gasteiger partial charge on any atom is -0.493 e. The quantitative estimate of drug-likeness (QED) is 0.852. The lowest BCUT2D eigenvalue weighted by atomic mass is 10.0. The molecule has 1 aromatic carbocycles. The average Bonchev–Trinajstić information content (AvgIpc) is 3.16. The number of hydrogen-bond acceptors (Lipinski definition) is 5. The highest BCUT2D eigenvalue weighted by atomic mass is 16.5. The third-order valence-electron chi connectivity index (χ3n) is 5.51. The van der Waals surface area contributed by atoms with E-state index < -0.39 is 12.0 Å². The van der Waals surface area contributed by atoms with Crippen LogP contribution in [0.4, 0.5) is 0 Å². The molecule has 25 heavy (non-hydrogen) atoms. The lowest BCUT2D eigenvalue weighted by Crippen LogP contribution is -2.51. The number of benzene rings is 1. The molecule has 1 heterocycles. The molecule has 0 radical (unpaired) electrons. The zero-order valence-electron chi connectivity index (χ0n) is 15.1. The van der Waals surface area contributed by atoms with Crippen LogP contribution in [0.3, 0.4) is 0 Å². The molecule has 3 rings (SSSR count). The van der Waals surface area contributed by atoms with Crippen molar-refractivity contribution in [3.63, 3.8) is 0 Å². The summed E-state index contributed by atoms with van der Waals surface area (Å²) in [6.07, 6.45) is 5.23. The standard InChI is InChI=1S/C19H28N2O4/c1-24-16-8-7-14(13-17(16)25-2)18(19(22)23)21-11-9-20(10-12-21)15-5-3-4-6-15/h7-8,13,15,18H,3-6,9-12H2,1-2H3,(H,22,23)/t18-/m0/s1. The van der Waals surface area contributed by atoms with Gasteiger partial charge in [0.05, 0.1) is 14.2 Å². The van der Waals surface area contributed by atoms with Crippen molar-refractivity contribution in [2.24, 2.45) is 0 Å². The van der Waals surface area contributed by atoms with Crippen LogP contribution in [-0.2, 0) is 4.79 Å². The molecule has 1 saturated heterocycles. The van der Waals surface area contributed by atoms with E-state index in [4.69, 9.17) is 9.47 Å². The lowest BCUT2D eigenvalue weighted by Gasteiger charge is -2.40. The molecule has 1 N–H and O–H groups in total. The summed E-state index contributed by atoms with van der Waals surface area (Å²) in [5.41, 5.74) is 0.736. The Morgan fingerprint density at radius 3 is 2.28 bits per heavy atom. The molecular weight excluding hydrogens is 320 g/mol. The van der Waals surface area contributed by atoms with Crippen molar-refractivity contribution < 1.29 is 19.4 Å². The predicted molar refractivity (Wildman–Crippen MR) is 95.3 cm³/mol. The van der Waals surface area contributed by atoms with E-state index in [0.717, 1.165) is 31.7 Å². The number of methoxy groups -OCH3 is 2. The van der Waals surface area contributed by atoms with Gasteiger partial charge in [-0.15, -0.1) is 0 Å². The Kier molecular flexibility index (Phi) is 5.81. The number of nitrogens with zero attached hydrogens (tertiary/aromatic N) is 2. The van der Waals surface area contributed by atoms with Crippen molar-refractivity contribution in [2.75, 3.05) is 40.4 Å². The Labute approximate surface area is 149 Å². The van der Waals surface area contributed by atoms with Gasteiger partial charge >= 0.3 is 5.97 Å². The second-order valence-electron chi connectivity index (χ2n) is 6.87. The molecule has 0 bridgehead atoms. The highest BCUT2D eigenvalue weighted by Crippen LogP contribution is 2.33. The molecule has 1 aliphatic heterocycles. The van der Waals surface area contributed by atoms with Crippen molar-refractivity contribution >= 4 is 5.97 Å². The molecule has 6 nitrogen and oxygen atoms in total. The fourth-order valence-electron chi connectivity index (χ4n) is 4.16. The van der Waals surface area contributed by atoms with Crippen molar-refractivity contribution in [3.05, 3.63) is 23.8 Å². The number of carboxylic acids is 1. The third kappa shape index (κ3) is 3.90. The molecule has 6 heteroatoms. The molecule has 138 valence electrons. The molecule has 0 aromatic heterocycles. The summed E-state index contributed by atoms with van der Waals surface area (Å²) in [5, 5.41) is 9.82. The van der Waals surface area contributed by atoms with Crippen LogP contribution in [0.1, 0.15) is 37.3 Å². The number of carbonyl (C=O) groups is 1. The zero-order valence-corrected chi connectivity index (χ0v) is 15.1. The van der Waals surface area contributed by atoms with Crippen molar-refractivity contribution in [3.8, 4) is 11.5 Å². The van der Waals surface area contributed by atoms with E-state index in [0.29, 0.717) is 17.5 Å². The highest BCUT2D eigenvalue weighted by Gasteiger charge is 2.33. The summed E-state index contributed by atoms with van der Waals surface area (Å²) >= 11 is 0. The zero-order chi connectivity index (χ0) is 17.8. The van der Waals surface area contributed by atoms with Crippen LogP contribution in [0.25, 0.3) is 0 Å². The number of carboxylic acid groups (broad SMARTS) is 1. The van der Waals surface area contributed by atoms with Gasteiger partial charge in [0, 0.05) is 32.2 Å². The monoisotopic (exact) mass is 348 g/mol. The van der Waals surface area contributed by atoms with Gasteiger partial charge < -0.3 is 14.6 Å². The third-order valence-corrected chi connectivity index (χ3v) is 5.51. The lowest BCUT2D eigenvalue weighted by molar-refractivity contribution is -0.144. The van der Waals surface area contributed by atoms with E-state index in [1.165, 1.54) is 25.7 Å². The first-order chi connectivity index (χ1) is 12.1. The highest BCUT2D eigenvalue weighted by molar-refractivity contribution is 5.76. The predicted octanol–water partition coefficient (Wildman–Crippen LogP) is 2.39. The molecular formula is C19H28N2O4. The minimum absolute atomic E-state index is 0.566. The van der Waals surface area contributed by atoms with Gasteiger partial charge in [-0.2, -0.15) is 0 Å². The molecule has 1 aliphatic carbocycles. The van der Waals surface area contributed by atoms with Crippen LogP contribution in [0.15, 0.2) is 18.2 Å². The van der Waals surface area contributed by atoms with Gasteiger partial charge in [0.1, 0.15) is 6.04 Å². The molecule has 2 fully saturated rings. The van der Waals surface area contributed by atoms with Crippen LogP contribution >= 0.6 is 0 Å². The van der Waals surface area contributed by atoms with E-state index in [1.807, 2.05) is 6.07 Å². The Balaban J connectivity index is 1.72. The van der Waals surface area contributed by atoms with Gasteiger partial charge in [-0.25, -0.2) is 0 Å². The molecule has 2 aliphatic rings. The van der Waals surface area contributed by atoms with Crippen molar-refractivity contribution in [1.29, 1.82) is 0 Å². The topological polar surface area (TPSA) is 62.2 Å². The maximum Gasteiger partial charge on any atom is 0.325 e. The van der Waals surface area contributed by atoms with E-state index >= 15 is 0 Å². The number of piperazine rings is 1. The van der Waals surface area contributed by atoms with Crippen molar-refractivity contribution in [1.82, 2.24) is 9.80 Å². The molecule has 0 unspecified atom stereocenters. The number of hydrogen-bond donors (Lipinski definition) is 1. The average molecular weight is 348 g/mol. The molecule has 1 aromatic rings. The summed E-state index contributed by atoms with van der Waals surface area (Å²) in [7, 11) is 3.15. The molecule has 1 atom stereocenters. The first-order valence-corrected chi connectivity index (χ1v) is 9.07. The Hall–Kier alpha value is -1.79. The van der Waals surface area contributed by atoms with Gasteiger partial charge in [-0.3, -0.25) is 14.6 Å². The second kappa shape index (κ2) is 8.06. The van der Waals surface area contributed by atoms with Crippen LogP contribution in [-0.4, -0.2) is 67.3 Å². The van der Waals surface area contributed by atoms with Gasteiger partial charge in [0.25, 0.3) is 0 Å². The summed E-state index contributed by atoms with van der Waals surface area (Å²) in [4.78, 5) is 16.6. The first-order valence-electron chi connectivity index (χ1n) is 9.07. The fourth-order valence-corrected chi connectivity index (χ4v) is 4.16. The van der Waals surface area contributed by atoms with E-state index in [1.54, 1.807) is 26.4 Å². The van der Waals surface area contributed by atoms with Crippen LogP contribution in [0.5, 0.6) is 11.5 Å². The van der Waals surface area contributed by atoms with Gasteiger partial charge in [0.2, 0.25) is 0 Å². The normalized spacial score (nSPS) is 21.2. The maximum absolute atomic E-state index is 12.0. The summed E-state index contributed by atoms with van der Waals surface area (Å²) in [6.45, 7) is 3.45. The molecule has 0 amide bonds. The second-order valence-corrected chi connectivity index (χ2v) is 6.87. The minimum atomic E-state index is -0.818. The smallest absolute Gasteiger partial charge is 0.325 e. The molecule has 1 saturated carbocycles. The molecule has 0 spiro atoms. The van der Waals surface area contributed by atoms with Crippen LogP contribution < -0.4 is 9.47 Å². The van der Waals surface area contributed by atoms with Gasteiger partial charge in [-0.05, 0) is 30.5 Å². The van der Waals surface area contributed by atoms with E-state index in [-0.39, 0.29) is 0 Å². The summed E-state index contributed by atoms with van der Waals surface area (Å²) < 4.78 is 10.6. The fraction of sp³-hybridized carbons (Fsp3) is 0.632. The van der Waals surface area contributed by atoms with E-state index in [2.05, 4.69) is 9.80 Å². The number of ether oxygens (including phenoxy) is 2. The summed E-state index contributed by atoms with van der Waals surface area (Å²) in [6, 6.07) is 5.43. The van der Waals surface area contributed by atoms with Crippen LogP contribution in [0.2, 0.25) is 0 Å². The largest absolute Gasteiger partial charge is 0.493 e. The first kappa shape index (κ1) is 18.0. The Morgan fingerprint density at radius 1 is 1.08 bits per heavy atom.